The number of hydrogen-bond donors (Lipinski definition) is 0. The van der Waals surface area contributed by atoms with Gasteiger partial charge in [0.05, 0.1) is 8.07 Å². The molecule has 0 saturated carbocycles. The van der Waals surface area contributed by atoms with E-state index in [0.717, 1.165) is 22.3 Å². The van der Waals surface area contributed by atoms with E-state index in [1.165, 1.54) is 0 Å². The van der Waals surface area contributed by atoms with Crippen LogP contribution >= 0.6 is 7.52 Å². The second-order valence-electron chi connectivity index (χ2n) is 13.3. The summed E-state index contributed by atoms with van der Waals surface area (Å²) in [4.78, 5) is 0. The van der Waals surface area contributed by atoms with Crippen molar-refractivity contribution in [1.29, 1.82) is 0 Å². The molecule has 4 aromatic carbocycles. The van der Waals surface area contributed by atoms with Crippen molar-refractivity contribution in [1.82, 2.24) is 4.67 Å². The Balaban J connectivity index is 1.92. The molecule has 0 spiro atoms. The van der Waals surface area contributed by atoms with Crippen LogP contribution in [0, 0.1) is 11.8 Å². The zero-order chi connectivity index (χ0) is 30.1. The lowest BCUT2D eigenvalue weighted by molar-refractivity contribution is 0.177. The van der Waals surface area contributed by atoms with Crippen LogP contribution in [0.3, 0.4) is 0 Å². The van der Waals surface area contributed by atoms with Crippen LogP contribution < -0.4 is 0 Å². The Morgan fingerprint density at radius 1 is 0.690 bits per heavy atom. The van der Waals surface area contributed by atoms with Gasteiger partial charge in [0.2, 0.25) is 0 Å². The molecule has 1 fully saturated rings. The van der Waals surface area contributed by atoms with E-state index in [9.17, 15) is 0 Å². The maximum atomic E-state index is 16.5. The summed E-state index contributed by atoms with van der Waals surface area (Å²) in [5, 5.41) is -0.0725. The Morgan fingerprint density at radius 3 is 1.43 bits per heavy atom. The van der Waals surface area contributed by atoms with E-state index in [-0.39, 0.29) is 23.3 Å². The molecule has 5 heteroatoms. The maximum absolute atomic E-state index is 16.5. The third kappa shape index (κ3) is 5.28. The van der Waals surface area contributed by atoms with Crippen molar-refractivity contribution in [3.8, 4) is 0 Å². The molecule has 0 aromatic heterocycles. The highest BCUT2D eigenvalue weighted by Gasteiger charge is 2.64. The predicted molar refractivity (Wildman–Crippen MR) is 180 cm³/mol. The lowest BCUT2D eigenvalue weighted by Gasteiger charge is -2.51. The molecule has 3 nitrogen and oxygen atoms in total. The van der Waals surface area contributed by atoms with Gasteiger partial charge in [0.1, 0.15) is 11.6 Å². The van der Waals surface area contributed by atoms with Gasteiger partial charge in [-0.05, 0) is 41.0 Å². The molecule has 0 aliphatic carbocycles. The van der Waals surface area contributed by atoms with Crippen molar-refractivity contribution in [2.45, 2.75) is 70.3 Å². The highest BCUT2D eigenvalue weighted by atomic mass is 31.2. The molecular weight excluding hydrogens is 549 g/mol. The van der Waals surface area contributed by atoms with Crippen LogP contribution in [0.1, 0.15) is 56.1 Å². The van der Waals surface area contributed by atoms with Crippen LogP contribution in [0.2, 0.25) is 19.6 Å². The highest BCUT2D eigenvalue weighted by molar-refractivity contribution is 7.60. The maximum Gasteiger partial charge on any atom is 0.275 e. The third-order valence-electron chi connectivity index (χ3n) is 9.22. The molecule has 220 valence electrons. The number of hydrogen-bond acceptors (Lipinski definition) is 2. The van der Waals surface area contributed by atoms with Gasteiger partial charge in [-0.2, -0.15) is 0 Å². The molecule has 5 atom stereocenters. The third-order valence-corrected chi connectivity index (χ3v) is 17.8. The molecule has 42 heavy (non-hydrogen) atoms. The van der Waals surface area contributed by atoms with Gasteiger partial charge in [0.25, 0.3) is 7.52 Å². The van der Waals surface area contributed by atoms with E-state index in [1.807, 2.05) is 6.07 Å². The van der Waals surface area contributed by atoms with Gasteiger partial charge in [0, 0.05) is 11.3 Å². The zero-order valence-corrected chi connectivity index (χ0v) is 28.0. The van der Waals surface area contributed by atoms with Crippen molar-refractivity contribution in [3.63, 3.8) is 0 Å². The Morgan fingerprint density at radius 2 is 1.07 bits per heavy atom. The zero-order valence-electron chi connectivity index (χ0n) is 26.1. The minimum absolute atomic E-state index is 0.0725. The molecule has 0 radical (unpaired) electrons. The number of nitrogens with zero attached hydrogens (tertiary/aromatic N) is 1. The van der Waals surface area contributed by atoms with E-state index < -0.39 is 21.1 Å². The summed E-state index contributed by atoms with van der Waals surface area (Å²) in [7, 11) is -5.59. The fourth-order valence-electron chi connectivity index (χ4n) is 7.25. The highest BCUT2D eigenvalue weighted by Crippen LogP contribution is 2.74. The topological polar surface area (TPSA) is 29.5 Å². The van der Waals surface area contributed by atoms with E-state index in [1.54, 1.807) is 0 Å². The Kier molecular flexibility index (Phi) is 8.84. The second kappa shape index (κ2) is 12.1. The summed E-state index contributed by atoms with van der Waals surface area (Å²) in [6.45, 7) is 16.2. The number of rotatable bonds is 9. The minimum Gasteiger partial charge on any atom is -0.307 e. The van der Waals surface area contributed by atoms with Crippen LogP contribution in [0.25, 0.3) is 0 Å². The molecule has 1 heterocycles. The monoisotopic (exact) mass is 595 g/mol. The fourth-order valence-corrected chi connectivity index (χ4v) is 17.1. The molecular formula is C37H46NO2PSi. The molecule has 0 bridgehead atoms. The molecule has 4 aromatic rings. The summed E-state index contributed by atoms with van der Waals surface area (Å²) >= 11 is 0. The van der Waals surface area contributed by atoms with Crippen LogP contribution in [0.5, 0.6) is 0 Å². The van der Waals surface area contributed by atoms with Crippen LogP contribution in [0.4, 0.5) is 0 Å². The van der Waals surface area contributed by atoms with Crippen molar-refractivity contribution in [3.05, 3.63) is 144 Å². The first-order valence-electron chi connectivity index (χ1n) is 15.3. The van der Waals surface area contributed by atoms with E-state index in [2.05, 4.69) is 167 Å². The van der Waals surface area contributed by atoms with Crippen LogP contribution in [0.15, 0.2) is 121 Å². The molecule has 1 aliphatic heterocycles. The lowest BCUT2D eigenvalue weighted by atomic mass is 9.76. The Bertz CT molecular complexity index is 1390. The summed E-state index contributed by atoms with van der Waals surface area (Å²) in [6, 6.07) is 42.2. The van der Waals surface area contributed by atoms with E-state index in [0.29, 0.717) is 5.92 Å². The summed E-state index contributed by atoms with van der Waals surface area (Å²) in [5.41, 5.74) is 3.52. The average Bonchev–Trinajstić information content (AvgIpc) is 3.25. The quantitative estimate of drug-likeness (QED) is 0.110. The summed E-state index contributed by atoms with van der Waals surface area (Å²) in [6.07, 6.45) is -0.328. The largest absolute Gasteiger partial charge is 0.307 e. The first kappa shape index (κ1) is 30.7. The van der Waals surface area contributed by atoms with Crippen molar-refractivity contribution in [2.75, 3.05) is 0 Å². The van der Waals surface area contributed by atoms with E-state index in [4.69, 9.17) is 4.52 Å². The smallest absolute Gasteiger partial charge is 0.275 e. The van der Waals surface area contributed by atoms with Crippen LogP contribution in [-0.2, 0) is 14.6 Å². The minimum atomic E-state index is -3.52. The van der Waals surface area contributed by atoms with Gasteiger partial charge in [-0.1, -0.05) is 162 Å². The first-order chi connectivity index (χ1) is 20.0. The average molecular weight is 596 g/mol. The SMILES string of the molecule is CC(C)[C@@H](C)C([Si](C)(C)C)[P@@]1(=O)O[C@H](c2ccccc2)[C@H](C)N1C(c1ccccc1)(c1ccccc1)c1ccccc1. The Hall–Kier alpha value is -2.75. The molecule has 1 aliphatic rings. The normalized spacial score (nSPS) is 23.1. The lowest BCUT2D eigenvalue weighted by Crippen LogP contribution is -2.53. The van der Waals surface area contributed by atoms with Gasteiger partial charge >= 0.3 is 0 Å². The van der Waals surface area contributed by atoms with Gasteiger partial charge in [0.15, 0.2) is 0 Å². The molecule has 0 N–H and O–H groups in total. The second-order valence-corrected chi connectivity index (χ2v) is 21.5. The molecule has 5 rings (SSSR count). The fraction of sp³-hybridized carbons (Fsp3) is 0.351. The predicted octanol–water partition coefficient (Wildman–Crippen LogP) is 10.2. The summed E-state index contributed by atoms with van der Waals surface area (Å²) < 4.78 is 26.1. The molecule has 1 unspecified atom stereocenters. The van der Waals surface area contributed by atoms with Crippen LogP contribution in [-0.4, -0.2) is 24.1 Å². The van der Waals surface area contributed by atoms with Crippen molar-refractivity contribution in [2.24, 2.45) is 11.8 Å². The van der Waals surface area contributed by atoms with Gasteiger partial charge in [-0.3, -0.25) is 4.57 Å². The molecule has 0 amide bonds. The van der Waals surface area contributed by atoms with E-state index >= 15 is 4.57 Å². The van der Waals surface area contributed by atoms with Gasteiger partial charge in [-0.25, -0.2) is 4.67 Å². The van der Waals surface area contributed by atoms with Gasteiger partial charge in [-0.15, -0.1) is 0 Å². The summed E-state index contributed by atoms with van der Waals surface area (Å²) in [5.74, 6) is 0.579. The standard InChI is InChI=1S/C37H46NO2PSi/c1-28(2)29(3)36(42(5,6)7)41(39)38(30(4)35(40-41)31-20-12-8-13-21-31)37(32-22-14-9-15-23-32,33-24-16-10-17-25-33)34-26-18-11-19-27-34/h8-30,35-36H,1-7H3/t29-,30+,35+,36?,41-/m1/s1. The van der Waals surface area contributed by atoms with Crippen molar-refractivity contribution >= 4 is 15.6 Å². The Labute approximate surface area is 254 Å². The van der Waals surface area contributed by atoms with Crippen molar-refractivity contribution < 1.29 is 9.09 Å². The molecule has 1 saturated heterocycles. The first-order valence-corrected chi connectivity index (χ1v) is 20.5. The number of benzene rings is 4. The van der Waals surface area contributed by atoms with Gasteiger partial charge < -0.3 is 4.52 Å².